The number of rotatable bonds is 31. The first kappa shape index (κ1) is 46.3. The molecule has 2 N–H and O–H groups in total. The standard InChI is InChI=1S/C39H60N2O13/c1-31-28-34(10-11-35(31)33-8-6-32(7-9-33)29-36(41-30-42)37(43)45-5)53-27-26-52-25-24-51-23-22-50-21-20-49-19-18-48-17-16-47-15-14-46-13-12-40-38(44)54-39(2,3)4/h6-11,28,30,36H,12-27,29H2,1-5H3,(H,40,44)(H,41,42)/t36-/m0/s1. The van der Waals surface area contributed by atoms with Gasteiger partial charge in [0.05, 0.1) is 99.6 Å². The molecule has 0 aliphatic rings. The second-order valence-electron chi connectivity index (χ2n) is 12.8. The van der Waals surface area contributed by atoms with Crippen LogP contribution in [0.15, 0.2) is 42.5 Å². The van der Waals surface area contributed by atoms with Crippen LogP contribution in [0.4, 0.5) is 4.79 Å². The maximum Gasteiger partial charge on any atom is 0.407 e. The Hall–Kier alpha value is -3.83. The van der Waals surface area contributed by atoms with Crippen LogP contribution in [0.2, 0.25) is 0 Å². The van der Waals surface area contributed by atoms with Gasteiger partial charge in [-0.3, -0.25) is 4.79 Å². The van der Waals surface area contributed by atoms with E-state index in [9.17, 15) is 14.4 Å². The van der Waals surface area contributed by atoms with Gasteiger partial charge in [0.2, 0.25) is 6.41 Å². The predicted molar refractivity (Wildman–Crippen MR) is 201 cm³/mol. The molecule has 0 spiro atoms. The van der Waals surface area contributed by atoms with Gasteiger partial charge in [-0.15, -0.1) is 0 Å². The molecule has 1 atom stereocenters. The molecule has 0 radical (unpaired) electrons. The number of alkyl carbamates (subject to hydrolysis) is 1. The van der Waals surface area contributed by atoms with Gasteiger partial charge in [-0.05, 0) is 62.1 Å². The van der Waals surface area contributed by atoms with Gasteiger partial charge in [-0.1, -0.05) is 30.3 Å². The molecule has 2 amide bonds. The third-order valence-corrected chi connectivity index (χ3v) is 7.30. The number of hydrogen-bond acceptors (Lipinski definition) is 13. The van der Waals surface area contributed by atoms with Crippen LogP contribution in [0.1, 0.15) is 31.9 Å². The van der Waals surface area contributed by atoms with Gasteiger partial charge in [0.15, 0.2) is 0 Å². The van der Waals surface area contributed by atoms with Crippen LogP contribution in [0, 0.1) is 6.92 Å². The lowest BCUT2D eigenvalue weighted by Gasteiger charge is -2.19. The van der Waals surface area contributed by atoms with Crippen LogP contribution in [0.5, 0.6) is 5.75 Å². The molecule has 0 unspecified atom stereocenters. The molecular weight excluding hydrogens is 704 g/mol. The highest BCUT2D eigenvalue weighted by Gasteiger charge is 2.19. The summed E-state index contributed by atoms with van der Waals surface area (Å²) in [4.78, 5) is 34.2. The van der Waals surface area contributed by atoms with Crippen LogP contribution in [0.3, 0.4) is 0 Å². The summed E-state index contributed by atoms with van der Waals surface area (Å²) < 4.78 is 54.2. The van der Waals surface area contributed by atoms with Crippen molar-refractivity contribution in [1.82, 2.24) is 10.6 Å². The van der Waals surface area contributed by atoms with Crippen molar-refractivity contribution in [3.63, 3.8) is 0 Å². The summed E-state index contributed by atoms with van der Waals surface area (Å²) in [5.41, 5.74) is 3.56. The Morgan fingerprint density at radius 3 is 1.61 bits per heavy atom. The van der Waals surface area contributed by atoms with Crippen molar-refractivity contribution in [3.8, 4) is 16.9 Å². The van der Waals surface area contributed by atoms with E-state index in [1.807, 2.05) is 70.2 Å². The number of carbonyl (C=O) groups is 3. The van der Waals surface area contributed by atoms with E-state index < -0.39 is 23.7 Å². The molecule has 304 valence electrons. The van der Waals surface area contributed by atoms with Crippen molar-refractivity contribution in [2.45, 2.75) is 45.8 Å². The second-order valence-corrected chi connectivity index (χ2v) is 12.8. The lowest BCUT2D eigenvalue weighted by molar-refractivity contribution is -0.144. The molecule has 54 heavy (non-hydrogen) atoms. The molecule has 15 nitrogen and oxygen atoms in total. The number of methoxy groups -OCH3 is 1. The summed E-state index contributed by atoms with van der Waals surface area (Å²) in [7, 11) is 1.30. The summed E-state index contributed by atoms with van der Waals surface area (Å²) in [5, 5.41) is 5.13. The Kier molecular flexibility index (Phi) is 24.5. The van der Waals surface area contributed by atoms with E-state index in [-0.39, 0.29) is 0 Å². The van der Waals surface area contributed by atoms with Crippen molar-refractivity contribution in [2.75, 3.05) is 113 Å². The van der Waals surface area contributed by atoms with Gasteiger partial charge >= 0.3 is 12.1 Å². The fourth-order valence-corrected chi connectivity index (χ4v) is 4.72. The van der Waals surface area contributed by atoms with Gasteiger partial charge in [0.1, 0.15) is 24.0 Å². The van der Waals surface area contributed by atoms with Crippen molar-refractivity contribution in [2.24, 2.45) is 0 Å². The van der Waals surface area contributed by atoms with Gasteiger partial charge in [-0.2, -0.15) is 0 Å². The molecule has 0 heterocycles. The predicted octanol–water partition coefficient (Wildman–Crippen LogP) is 3.51. The number of benzene rings is 2. The highest BCUT2D eigenvalue weighted by molar-refractivity contribution is 5.78. The number of carbonyl (C=O) groups excluding carboxylic acids is 3. The first-order valence-corrected chi connectivity index (χ1v) is 18.2. The van der Waals surface area contributed by atoms with Crippen molar-refractivity contribution < 1.29 is 61.8 Å². The van der Waals surface area contributed by atoms with E-state index in [4.69, 9.17) is 47.4 Å². The molecule has 0 fully saturated rings. The first-order chi connectivity index (χ1) is 26.1. The number of aryl methyl sites for hydroxylation is 1. The van der Waals surface area contributed by atoms with E-state index in [1.165, 1.54) is 7.11 Å². The zero-order chi connectivity index (χ0) is 39.3. The Balaban J connectivity index is 1.36. The molecule has 0 bridgehead atoms. The highest BCUT2D eigenvalue weighted by atomic mass is 16.6. The second kappa shape index (κ2) is 28.6. The maximum atomic E-state index is 11.9. The van der Waals surface area contributed by atoms with Crippen molar-refractivity contribution in [3.05, 3.63) is 53.6 Å². The van der Waals surface area contributed by atoms with Crippen molar-refractivity contribution >= 4 is 18.5 Å². The van der Waals surface area contributed by atoms with Crippen LogP contribution >= 0.6 is 0 Å². The smallest absolute Gasteiger partial charge is 0.407 e. The molecule has 2 aromatic rings. The molecule has 2 aromatic carbocycles. The average Bonchev–Trinajstić information content (AvgIpc) is 3.14. The quantitative estimate of drug-likeness (QED) is 0.0651. The normalized spacial score (nSPS) is 11.9. The number of esters is 1. The molecular formula is C39H60N2O13. The van der Waals surface area contributed by atoms with E-state index in [0.29, 0.717) is 118 Å². The Bertz CT molecular complexity index is 1300. The van der Waals surface area contributed by atoms with Crippen molar-refractivity contribution in [1.29, 1.82) is 0 Å². The van der Waals surface area contributed by atoms with E-state index in [1.54, 1.807) is 0 Å². The van der Waals surface area contributed by atoms with Gasteiger partial charge in [-0.25, -0.2) is 9.59 Å². The van der Waals surface area contributed by atoms with Crippen LogP contribution in [-0.2, 0) is 58.6 Å². The molecule has 0 aliphatic heterocycles. The lowest BCUT2D eigenvalue weighted by Crippen LogP contribution is -2.38. The third kappa shape index (κ3) is 22.4. The van der Waals surface area contributed by atoms with E-state index in [0.717, 1.165) is 28.0 Å². The van der Waals surface area contributed by atoms with Crippen LogP contribution in [-0.4, -0.2) is 143 Å². The molecule has 15 heteroatoms. The van der Waals surface area contributed by atoms with Crippen LogP contribution < -0.4 is 15.4 Å². The molecule has 0 saturated carbocycles. The summed E-state index contributed by atoms with van der Waals surface area (Å²) in [6.45, 7) is 14.6. The van der Waals surface area contributed by atoms with E-state index >= 15 is 0 Å². The monoisotopic (exact) mass is 764 g/mol. The SMILES string of the molecule is COC(=O)[C@H](Cc1ccc(-c2ccc(OCCOCCOCCOCCOCCOCCOCCOCCNC(=O)OC(C)(C)C)cc2C)cc1)NC=O. The molecule has 0 saturated heterocycles. The zero-order valence-electron chi connectivity index (χ0n) is 32.5. The van der Waals surface area contributed by atoms with Crippen LogP contribution in [0.25, 0.3) is 11.1 Å². The maximum absolute atomic E-state index is 11.9. The Labute approximate surface area is 319 Å². The summed E-state index contributed by atoms with van der Waals surface area (Å²) in [5.74, 6) is 0.273. The number of ether oxygens (including phenoxy) is 10. The Morgan fingerprint density at radius 1 is 0.685 bits per heavy atom. The number of hydrogen-bond donors (Lipinski definition) is 2. The highest BCUT2D eigenvalue weighted by Crippen LogP contribution is 2.27. The first-order valence-electron chi connectivity index (χ1n) is 18.2. The fraction of sp³-hybridized carbons (Fsp3) is 0.615. The van der Waals surface area contributed by atoms with E-state index in [2.05, 4.69) is 10.6 Å². The topological polar surface area (TPSA) is 168 Å². The summed E-state index contributed by atoms with van der Waals surface area (Å²) in [6, 6.07) is 13.1. The minimum atomic E-state index is -0.726. The lowest BCUT2D eigenvalue weighted by atomic mass is 9.97. The number of nitrogens with one attached hydrogen (secondary N) is 2. The molecule has 0 aromatic heterocycles. The largest absolute Gasteiger partial charge is 0.491 e. The van der Waals surface area contributed by atoms with Gasteiger partial charge in [0, 0.05) is 13.0 Å². The van der Waals surface area contributed by atoms with Gasteiger partial charge < -0.3 is 58.0 Å². The fourth-order valence-electron chi connectivity index (χ4n) is 4.72. The molecule has 2 rings (SSSR count). The molecule has 0 aliphatic carbocycles. The number of amides is 2. The summed E-state index contributed by atoms with van der Waals surface area (Å²) in [6.07, 6.45) is 0.386. The average molecular weight is 765 g/mol. The zero-order valence-corrected chi connectivity index (χ0v) is 32.5. The third-order valence-electron chi connectivity index (χ3n) is 7.30. The van der Waals surface area contributed by atoms with Gasteiger partial charge in [0.25, 0.3) is 0 Å². The minimum absolute atomic E-state index is 0.342. The minimum Gasteiger partial charge on any atom is -0.491 e. The summed E-state index contributed by atoms with van der Waals surface area (Å²) >= 11 is 0. The Morgan fingerprint density at radius 2 is 1.17 bits per heavy atom.